The van der Waals surface area contributed by atoms with Crippen LogP contribution >= 0.6 is 0 Å². The van der Waals surface area contributed by atoms with Gasteiger partial charge in [0, 0.05) is 6.54 Å². The highest BCUT2D eigenvalue weighted by atomic mass is 16.5. The molecule has 1 atom stereocenters. The van der Waals surface area contributed by atoms with E-state index in [1.54, 1.807) is 4.90 Å². The van der Waals surface area contributed by atoms with Crippen molar-refractivity contribution in [2.45, 2.75) is 6.04 Å². The first-order chi connectivity index (χ1) is 7.72. The Labute approximate surface area is 91.3 Å². The second kappa shape index (κ2) is 4.50. The minimum atomic E-state index is -1.14. The lowest BCUT2D eigenvalue weighted by atomic mass is 10.2. The Morgan fingerprint density at radius 2 is 2.50 bits per heavy atom. The molecule has 0 bridgehead atoms. The highest BCUT2D eigenvalue weighted by Gasteiger charge is 2.26. The molecule has 7 heteroatoms. The molecule has 1 aromatic rings. The number of oxazole rings is 1. The van der Waals surface area contributed by atoms with Crippen molar-refractivity contribution in [1.29, 1.82) is 0 Å². The highest BCUT2D eigenvalue weighted by Crippen LogP contribution is 2.18. The Hall–Kier alpha value is -1.60. The number of aliphatic hydroxyl groups excluding tert-OH is 1. The first-order valence-corrected chi connectivity index (χ1v) is 4.86. The standard InChI is InChI=1S/C9H12N2O5/c12-3-6-4-15-2-1-11(6)9-10-7(5-16-9)8(13)14/h5-6,12H,1-4H2,(H,13,14). The van der Waals surface area contributed by atoms with Gasteiger partial charge in [0.2, 0.25) is 0 Å². The molecule has 1 aliphatic rings. The summed E-state index contributed by atoms with van der Waals surface area (Å²) in [6, 6.07) is -0.0335. The van der Waals surface area contributed by atoms with Crippen molar-refractivity contribution in [3.05, 3.63) is 12.0 Å². The highest BCUT2D eigenvalue weighted by molar-refractivity contribution is 5.85. The molecule has 0 radical (unpaired) electrons. The Bertz CT molecular complexity index is 378. The van der Waals surface area contributed by atoms with Gasteiger partial charge in [-0.25, -0.2) is 4.79 Å². The Kier molecular flexibility index (Phi) is 3.07. The van der Waals surface area contributed by atoms with E-state index in [0.29, 0.717) is 19.8 Å². The molecule has 1 aliphatic heterocycles. The molecular formula is C9H12N2O5. The third-order valence-corrected chi connectivity index (χ3v) is 2.40. The topological polar surface area (TPSA) is 96.0 Å². The van der Waals surface area contributed by atoms with Crippen molar-refractivity contribution < 1.29 is 24.2 Å². The van der Waals surface area contributed by atoms with Crippen LogP contribution in [0.3, 0.4) is 0 Å². The molecule has 0 aromatic carbocycles. The number of rotatable bonds is 3. The van der Waals surface area contributed by atoms with Gasteiger partial charge >= 0.3 is 5.97 Å². The summed E-state index contributed by atoms with van der Waals surface area (Å²) in [5.41, 5.74) is -0.141. The number of hydrogen-bond acceptors (Lipinski definition) is 6. The molecule has 88 valence electrons. The normalized spacial score (nSPS) is 21.1. The average Bonchev–Trinajstić information content (AvgIpc) is 2.78. The molecule has 0 saturated carbocycles. The van der Waals surface area contributed by atoms with E-state index >= 15 is 0 Å². The molecule has 2 heterocycles. The number of carbonyl (C=O) groups is 1. The quantitative estimate of drug-likeness (QED) is 0.724. The number of carboxylic acids is 1. The minimum Gasteiger partial charge on any atom is -0.476 e. The van der Waals surface area contributed by atoms with Crippen molar-refractivity contribution >= 4 is 12.0 Å². The number of ether oxygens (including phenoxy) is 1. The molecule has 1 saturated heterocycles. The molecule has 0 amide bonds. The van der Waals surface area contributed by atoms with E-state index in [2.05, 4.69) is 4.98 Å². The Balaban J connectivity index is 2.17. The summed E-state index contributed by atoms with van der Waals surface area (Å²) in [6.07, 6.45) is 1.08. The smallest absolute Gasteiger partial charge is 0.357 e. The Morgan fingerprint density at radius 3 is 3.12 bits per heavy atom. The fourth-order valence-electron chi connectivity index (χ4n) is 1.55. The number of aromatic carboxylic acids is 1. The molecule has 1 unspecified atom stereocenters. The fourth-order valence-corrected chi connectivity index (χ4v) is 1.55. The second-order valence-electron chi connectivity index (χ2n) is 3.43. The van der Waals surface area contributed by atoms with E-state index in [-0.39, 0.29) is 24.4 Å². The van der Waals surface area contributed by atoms with Crippen LogP contribution in [0, 0.1) is 0 Å². The van der Waals surface area contributed by atoms with E-state index < -0.39 is 5.97 Å². The van der Waals surface area contributed by atoms with E-state index in [4.69, 9.17) is 19.4 Å². The number of aromatic nitrogens is 1. The average molecular weight is 228 g/mol. The number of carboxylic acid groups (broad SMARTS) is 1. The van der Waals surface area contributed by atoms with Crippen molar-refractivity contribution in [1.82, 2.24) is 4.98 Å². The molecule has 2 rings (SSSR count). The third-order valence-electron chi connectivity index (χ3n) is 2.40. The summed E-state index contributed by atoms with van der Waals surface area (Å²) in [5.74, 6) is -1.14. The zero-order valence-corrected chi connectivity index (χ0v) is 8.50. The minimum absolute atomic E-state index is 0.0925. The largest absolute Gasteiger partial charge is 0.476 e. The van der Waals surface area contributed by atoms with Crippen molar-refractivity contribution in [2.75, 3.05) is 31.3 Å². The molecule has 1 fully saturated rings. The fraction of sp³-hybridized carbons (Fsp3) is 0.556. The predicted octanol–water partition coefficient (Wildman–Crippen LogP) is -0.430. The van der Waals surface area contributed by atoms with E-state index in [1.807, 2.05) is 0 Å². The molecule has 0 spiro atoms. The van der Waals surface area contributed by atoms with Gasteiger partial charge in [-0.2, -0.15) is 4.98 Å². The Morgan fingerprint density at radius 1 is 1.69 bits per heavy atom. The van der Waals surface area contributed by atoms with Crippen molar-refractivity contribution in [2.24, 2.45) is 0 Å². The van der Waals surface area contributed by atoms with Crippen LogP contribution in [0.15, 0.2) is 10.7 Å². The van der Waals surface area contributed by atoms with Crippen LogP contribution in [0.1, 0.15) is 10.5 Å². The van der Waals surface area contributed by atoms with Crippen LogP contribution in [0.25, 0.3) is 0 Å². The number of morpholine rings is 1. The summed E-state index contributed by atoms with van der Waals surface area (Å²) < 4.78 is 10.3. The first kappa shape index (κ1) is 10.9. The van der Waals surface area contributed by atoms with Gasteiger partial charge in [0.1, 0.15) is 6.26 Å². The summed E-state index contributed by atoms with van der Waals surface area (Å²) in [4.78, 5) is 16.2. The SMILES string of the molecule is O=C(O)c1coc(N2CCOCC2CO)n1. The van der Waals surface area contributed by atoms with Crippen LogP contribution in [-0.2, 0) is 4.74 Å². The number of aliphatic hydroxyl groups is 1. The first-order valence-electron chi connectivity index (χ1n) is 4.86. The van der Waals surface area contributed by atoms with Gasteiger partial charge < -0.3 is 24.3 Å². The maximum atomic E-state index is 10.6. The lowest BCUT2D eigenvalue weighted by Gasteiger charge is -2.32. The van der Waals surface area contributed by atoms with Gasteiger partial charge in [0.25, 0.3) is 6.01 Å². The lowest BCUT2D eigenvalue weighted by molar-refractivity contribution is 0.0690. The zero-order chi connectivity index (χ0) is 11.5. The molecule has 16 heavy (non-hydrogen) atoms. The third kappa shape index (κ3) is 2.00. The van der Waals surface area contributed by atoms with Gasteiger partial charge in [-0.05, 0) is 0 Å². The van der Waals surface area contributed by atoms with Crippen LogP contribution < -0.4 is 4.90 Å². The van der Waals surface area contributed by atoms with Gasteiger partial charge in [-0.1, -0.05) is 0 Å². The summed E-state index contributed by atoms with van der Waals surface area (Å²) in [6.45, 7) is 1.30. The molecule has 1 aromatic heterocycles. The number of hydrogen-bond donors (Lipinski definition) is 2. The number of anilines is 1. The molecule has 7 nitrogen and oxygen atoms in total. The summed E-state index contributed by atoms with van der Waals surface area (Å²) in [7, 11) is 0. The maximum absolute atomic E-state index is 10.6. The van der Waals surface area contributed by atoms with Crippen LogP contribution in [-0.4, -0.2) is 53.6 Å². The predicted molar refractivity (Wildman–Crippen MR) is 52.5 cm³/mol. The van der Waals surface area contributed by atoms with Gasteiger partial charge in [0.05, 0.1) is 25.9 Å². The van der Waals surface area contributed by atoms with E-state index in [0.717, 1.165) is 6.26 Å². The van der Waals surface area contributed by atoms with Gasteiger partial charge in [-0.15, -0.1) is 0 Å². The second-order valence-corrected chi connectivity index (χ2v) is 3.43. The van der Waals surface area contributed by atoms with Gasteiger partial charge in [0.15, 0.2) is 5.69 Å². The summed E-state index contributed by atoms with van der Waals surface area (Å²) in [5, 5.41) is 17.8. The number of nitrogens with zero attached hydrogens (tertiary/aromatic N) is 2. The van der Waals surface area contributed by atoms with Crippen molar-refractivity contribution in [3.63, 3.8) is 0 Å². The summed E-state index contributed by atoms with van der Waals surface area (Å²) >= 11 is 0. The molecular weight excluding hydrogens is 216 g/mol. The van der Waals surface area contributed by atoms with Crippen LogP contribution in [0.4, 0.5) is 6.01 Å². The van der Waals surface area contributed by atoms with Crippen LogP contribution in [0.5, 0.6) is 0 Å². The van der Waals surface area contributed by atoms with Gasteiger partial charge in [-0.3, -0.25) is 0 Å². The molecule has 2 N–H and O–H groups in total. The van der Waals surface area contributed by atoms with E-state index in [1.165, 1.54) is 0 Å². The molecule has 0 aliphatic carbocycles. The van der Waals surface area contributed by atoms with Crippen molar-refractivity contribution in [3.8, 4) is 0 Å². The van der Waals surface area contributed by atoms with E-state index in [9.17, 15) is 4.79 Å². The van der Waals surface area contributed by atoms with Crippen LogP contribution in [0.2, 0.25) is 0 Å². The lowest BCUT2D eigenvalue weighted by Crippen LogP contribution is -2.47. The monoisotopic (exact) mass is 228 g/mol. The zero-order valence-electron chi connectivity index (χ0n) is 8.50. The maximum Gasteiger partial charge on any atom is 0.357 e.